The molecule has 0 bridgehead atoms. The van der Waals surface area contributed by atoms with Crippen molar-refractivity contribution < 1.29 is 22.4 Å². The van der Waals surface area contributed by atoms with Crippen molar-refractivity contribution in [3.63, 3.8) is 0 Å². The van der Waals surface area contributed by atoms with Crippen LogP contribution in [0.15, 0.2) is 18.2 Å². The molecule has 0 N–H and O–H groups in total. The maximum atomic E-state index is 13.2. The van der Waals surface area contributed by atoms with E-state index in [0.717, 1.165) is 18.9 Å². The molecule has 2 nitrogen and oxygen atoms in total. The Balaban J connectivity index is 2.12. The monoisotopic (exact) mass is 367 g/mol. The van der Waals surface area contributed by atoms with E-state index in [1.165, 1.54) is 4.90 Å². The average molecular weight is 368 g/mol. The van der Waals surface area contributed by atoms with E-state index in [1.807, 2.05) is 0 Å². The van der Waals surface area contributed by atoms with Crippen LogP contribution in [0.25, 0.3) is 0 Å². The molecule has 0 aromatic heterocycles. The lowest BCUT2D eigenvalue weighted by atomic mass is 9.85. The van der Waals surface area contributed by atoms with E-state index in [9.17, 15) is 22.4 Å². The molecule has 0 unspecified atom stereocenters. The summed E-state index contributed by atoms with van der Waals surface area (Å²) in [5.74, 6) is -1.55. The minimum absolute atomic E-state index is 0.152. The van der Waals surface area contributed by atoms with E-state index in [4.69, 9.17) is 0 Å². The minimum Gasteiger partial charge on any atom is -0.341 e. The highest BCUT2D eigenvalue weighted by molar-refractivity contribution is 9.09. The predicted molar refractivity (Wildman–Crippen MR) is 73.8 cm³/mol. The smallest absolute Gasteiger partial charge is 0.341 e. The highest BCUT2D eigenvalue weighted by atomic mass is 79.9. The molecule has 1 amide bonds. The van der Waals surface area contributed by atoms with Gasteiger partial charge in [0, 0.05) is 24.0 Å². The lowest BCUT2D eigenvalue weighted by Gasteiger charge is -2.34. The number of rotatable bonds is 3. The number of nitrogens with zero attached hydrogens (tertiary/aromatic N) is 1. The van der Waals surface area contributed by atoms with Gasteiger partial charge in [-0.3, -0.25) is 4.79 Å². The zero-order valence-electron chi connectivity index (χ0n) is 11.3. The second-order valence-electron chi connectivity index (χ2n) is 5.31. The summed E-state index contributed by atoms with van der Waals surface area (Å²) in [6, 6.07) is 2.33. The van der Waals surface area contributed by atoms with Gasteiger partial charge in [-0.2, -0.15) is 13.2 Å². The Morgan fingerprint density at radius 1 is 1.38 bits per heavy atom. The van der Waals surface area contributed by atoms with E-state index in [1.54, 1.807) is 7.05 Å². The first kappa shape index (κ1) is 16.3. The van der Waals surface area contributed by atoms with Crippen molar-refractivity contribution in [3.05, 3.63) is 35.1 Å². The maximum Gasteiger partial charge on any atom is 0.419 e. The normalized spacial score (nSPS) is 21.8. The fourth-order valence-electron chi connectivity index (χ4n) is 2.37. The Kier molecular flexibility index (Phi) is 4.60. The van der Waals surface area contributed by atoms with Crippen molar-refractivity contribution in [2.75, 3.05) is 13.6 Å². The summed E-state index contributed by atoms with van der Waals surface area (Å²) in [7, 11) is 1.54. The quantitative estimate of drug-likeness (QED) is 0.582. The molecule has 0 atom stereocenters. The first-order valence-corrected chi connectivity index (χ1v) is 7.36. The Hall–Kier alpha value is -1.11. The third kappa shape index (κ3) is 3.75. The molecule has 0 aliphatic heterocycles. The molecule has 1 aromatic rings. The molecule has 1 aromatic carbocycles. The van der Waals surface area contributed by atoms with Gasteiger partial charge in [0.2, 0.25) is 0 Å². The van der Waals surface area contributed by atoms with Crippen molar-refractivity contribution >= 4 is 21.8 Å². The fraction of sp³-hybridized carbons (Fsp3) is 0.500. The molecule has 21 heavy (non-hydrogen) atoms. The molecule has 1 fully saturated rings. The van der Waals surface area contributed by atoms with Crippen molar-refractivity contribution in [1.82, 2.24) is 4.90 Å². The number of alkyl halides is 4. The van der Waals surface area contributed by atoms with E-state index >= 15 is 0 Å². The summed E-state index contributed by atoms with van der Waals surface area (Å²) < 4.78 is 51.1. The van der Waals surface area contributed by atoms with Gasteiger partial charge in [0.1, 0.15) is 5.82 Å². The van der Waals surface area contributed by atoms with Gasteiger partial charge in [0.25, 0.3) is 5.91 Å². The van der Waals surface area contributed by atoms with E-state index in [0.29, 0.717) is 29.4 Å². The van der Waals surface area contributed by atoms with Crippen LogP contribution in [0.2, 0.25) is 0 Å². The number of carbonyl (C=O) groups is 1. The van der Waals surface area contributed by atoms with Crippen LogP contribution in [0.1, 0.15) is 28.8 Å². The molecule has 0 radical (unpaired) electrons. The number of benzene rings is 1. The van der Waals surface area contributed by atoms with Crippen molar-refractivity contribution in [3.8, 4) is 0 Å². The standard InChI is InChI=1S/C14H14BrF4NO/c1-20(7-8-4-10(15)5-8)13(21)9-2-3-12(16)11(6-9)14(17,18)19/h2-3,6,8,10H,4-5,7H2,1H3. The number of hydrogen-bond donors (Lipinski definition) is 0. The molecule has 116 valence electrons. The largest absolute Gasteiger partial charge is 0.419 e. The van der Waals surface area contributed by atoms with Crippen LogP contribution in [0.4, 0.5) is 17.6 Å². The Morgan fingerprint density at radius 3 is 2.52 bits per heavy atom. The van der Waals surface area contributed by atoms with Crippen LogP contribution < -0.4 is 0 Å². The van der Waals surface area contributed by atoms with Crippen LogP contribution in [-0.2, 0) is 6.18 Å². The minimum atomic E-state index is -4.81. The summed E-state index contributed by atoms with van der Waals surface area (Å²) >= 11 is 3.44. The van der Waals surface area contributed by atoms with Gasteiger partial charge >= 0.3 is 6.18 Å². The lowest BCUT2D eigenvalue weighted by Crippen LogP contribution is -2.37. The van der Waals surface area contributed by atoms with Crippen molar-refractivity contribution in [2.24, 2.45) is 5.92 Å². The third-order valence-corrected chi connectivity index (χ3v) is 4.32. The fourth-order valence-corrected chi connectivity index (χ4v) is 3.43. The van der Waals surface area contributed by atoms with Crippen molar-refractivity contribution in [2.45, 2.75) is 23.8 Å². The summed E-state index contributed by atoms with van der Waals surface area (Å²) in [6.07, 6.45) is -2.93. The van der Waals surface area contributed by atoms with Crippen LogP contribution >= 0.6 is 15.9 Å². The SMILES string of the molecule is CN(CC1CC(Br)C1)C(=O)c1ccc(F)c(C(F)(F)F)c1. The van der Waals surface area contributed by atoms with Gasteiger partial charge < -0.3 is 4.90 Å². The molecular weight excluding hydrogens is 354 g/mol. The first-order chi connectivity index (χ1) is 9.68. The second kappa shape index (κ2) is 5.94. The zero-order valence-corrected chi connectivity index (χ0v) is 12.8. The van der Waals surface area contributed by atoms with Gasteiger partial charge in [-0.1, -0.05) is 15.9 Å². The molecule has 1 aliphatic rings. The van der Waals surface area contributed by atoms with Gasteiger partial charge in [-0.15, -0.1) is 0 Å². The summed E-state index contributed by atoms with van der Waals surface area (Å²) in [5, 5.41) is 0. The van der Waals surface area contributed by atoms with Gasteiger partial charge in [0.15, 0.2) is 0 Å². The van der Waals surface area contributed by atoms with Crippen LogP contribution in [0.5, 0.6) is 0 Å². The molecule has 2 rings (SSSR count). The highest BCUT2D eigenvalue weighted by Gasteiger charge is 2.35. The summed E-state index contributed by atoms with van der Waals surface area (Å²) in [5.41, 5.74) is -1.56. The Bertz CT molecular complexity index is 540. The van der Waals surface area contributed by atoms with Crippen LogP contribution in [0.3, 0.4) is 0 Å². The van der Waals surface area contributed by atoms with Gasteiger partial charge in [0.05, 0.1) is 5.56 Å². The topological polar surface area (TPSA) is 20.3 Å². The predicted octanol–water partition coefficient (Wildman–Crippen LogP) is 4.09. The molecule has 0 heterocycles. The van der Waals surface area contributed by atoms with Crippen LogP contribution in [-0.4, -0.2) is 29.2 Å². The molecule has 0 spiro atoms. The van der Waals surface area contributed by atoms with E-state index in [-0.39, 0.29) is 5.56 Å². The number of amides is 1. The third-order valence-electron chi connectivity index (χ3n) is 3.58. The molecule has 0 saturated heterocycles. The van der Waals surface area contributed by atoms with Crippen molar-refractivity contribution in [1.29, 1.82) is 0 Å². The zero-order chi connectivity index (χ0) is 15.8. The molecule has 1 aliphatic carbocycles. The van der Waals surface area contributed by atoms with E-state index < -0.39 is 23.5 Å². The highest BCUT2D eigenvalue weighted by Crippen LogP contribution is 2.34. The second-order valence-corrected chi connectivity index (χ2v) is 6.61. The summed E-state index contributed by atoms with van der Waals surface area (Å²) in [4.78, 5) is 14.0. The molecule has 7 heteroatoms. The van der Waals surface area contributed by atoms with E-state index in [2.05, 4.69) is 15.9 Å². The molecule has 1 saturated carbocycles. The Morgan fingerprint density at radius 2 is 2.00 bits per heavy atom. The average Bonchev–Trinajstić information content (AvgIpc) is 2.35. The summed E-state index contributed by atoms with van der Waals surface area (Å²) in [6.45, 7) is 0.486. The van der Waals surface area contributed by atoms with Crippen LogP contribution in [0, 0.1) is 11.7 Å². The Labute approximate surface area is 128 Å². The number of halogens is 5. The lowest BCUT2D eigenvalue weighted by molar-refractivity contribution is -0.140. The number of carbonyl (C=O) groups excluding carboxylic acids is 1. The first-order valence-electron chi connectivity index (χ1n) is 6.44. The van der Waals surface area contributed by atoms with Gasteiger partial charge in [-0.05, 0) is 37.0 Å². The van der Waals surface area contributed by atoms with Gasteiger partial charge in [-0.25, -0.2) is 4.39 Å². The number of hydrogen-bond acceptors (Lipinski definition) is 1. The molecular formula is C14H14BrF4NO. The maximum absolute atomic E-state index is 13.2.